The summed E-state index contributed by atoms with van der Waals surface area (Å²) in [5.74, 6) is 2.37. The lowest BCUT2D eigenvalue weighted by Gasteiger charge is -2.36. The highest BCUT2D eigenvalue weighted by atomic mass is 16.5. The highest BCUT2D eigenvalue weighted by Gasteiger charge is 2.23. The predicted octanol–water partition coefficient (Wildman–Crippen LogP) is 2.79. The molecule has 1 saturated heterocycles. The first-order valence-electron chi connectivity index (χ1n) is 9.77. The number of piperazine rings is 1. The van der Waals surface area contributed by atoms with Crippen LogP contribution in [-0.2, 0) is 6.42 Å². The second kappa shape index (κ2) is 9.91. The van der Waals surface area contributed by atoms with Crippen molar-refractivity contribution in [3.8, 4) is 17.2 Å². The van der Waals surface area contributed by atoms with E-state index in [0.717, 1.165) is 48.0 Å². The Morgan fingerprint density at radius 3 is 2.34 bits per heavy atom. The number of nitrogens with one attached hydrogen (secondary N) is 1. The van der Waals surface area contributed by atoms with Gasteiger partial charge in [0, 0.05) is 38.8 Å². The van der Waals surface area contributed by atoms with Gasteiger partial charge < -0.3 is 29.3 Å². The van der Waals surface area contributed by atoms with E-state index >= 15 is 0 Å². The maximum Gasteiger partial charge on any atom is 0.317 e. The van der Waals surface area contributed by atoms with Crippen molar-refractivity contribution in [3.63, 3.8) is 0 Å². The molecule has 7 heteroatoms. The molecule has 0 aliphatic carbocycles. The first-order valence-corrected chi connectivity index (χ1v) is 9.77. The Morgan fingerprint density at radius 2 is 1.66 bits per heavy atom. The third kappa shape index (κ3) is 5.25. The molecule has 1 aliphatic heterocycles. The first-order chi connectivity index (χ1) is 14.1. The fourth-order valence-corrected chi connectivity index (χ4v) is 3.45. The lowest BCUT2D eigenvalue weighted by molar-refractivity contribution is 0.194. The fraction of sp³-hybridized carbons (Fsp3) is 0.409. The van der Waals surface area contributed by atoms with Gasteiger partial charge in [-0.3, -0.25) is 0 Å². The van der Waals surface area contributed by atoms with Crippen LogP contribution in [0.2, 0.25) is 0 Å². The second-order valence-electron chi connectivity index (χ2n) is 6.85. The standard InChI is InChI=1S/C22H29N3O4/c1-27-18-6-4-5-17(15-18)9-10-23-22(26)25-13-11-24(12-14-25)20-8-7-19(28-2)16-21(20)29-3/h4-8,15-16H,9-14H2,1-3H3,(H,23,26). The molecule has 3 rings (SSSR count). The van der Waals surface area contributed by atoms with Crippen LogP contribution in [0.4, 0.5) is 10.5 Å². The molecule has 7 nitrogen and oxygen atoms in total. The third-order valence-corrected chi connectivity index (χ3v) is 5.12. The van der Waals surface area contributed by atoms with Gasteiger partial charge in [0.25, 0.3) is 0 Å². The summed E-state index contributed by atoms with van der Waals surface area (Å²) in [6, 6.07) is 13.7. The summed E-state index contributed by atoms with van der Waals surface area (Å²) in [4.78, 5) is 16.6. The van der Waals surface area contributed by atoms with Gasteiger partial charge in [-0.2, -0.15) is 0 Å². The van der Waals surface area contributed by atoms with Crippen LogP contribution in [0.5, 0.6) is 17.2 Å². The molecule has 0 saturated carbocycles. The van der Waals surface area contributed by atoms with Crippen molar-refractivity contribution in [2.75, 3.05) is 59.0 Å². The van der Waals surface area contributed by atoms with Gasteiger partial charge in [-0.25, -0.2) is 4.79 Å². The van der Waals surface area contributed by atoms with Crippen molar-refractivity contribution in [3.05, 3.63) is 48.0 Å². The highest BCUT2D eigenvalue weighted by Crippen LogP contribution is 2.32. The lowest BCUT2D eigenvalue weighted by atomic mass is 10.1. The summed E-state index contributed by atoms with van der Waals surface area (Å²) < 4.78 is 16.0. The number of rotatable bonds is 7. The Bertz CT molecular complexity index is 819. The summed E-state index contributed by atoms with van der Waals surface area (Å²) >= 11 is 0. The van der Waals surface area contributed by atoms with Crippen molar-refractivity contribution in [2.24, 2.45) is 0 Å². The number of hydrogen-bond donors (Lipinski definition) is 1. The van der Waals surface area contributed by atoms with E-state index in [9.17, 15) is 4.79 Å². The molecule has 0 radical (unpaired) electrons. The van der Waals surface area contributed by atoms with Crippen molar-refractivity contribution in [2.45, 2.75) is 6.42 Å². The van der Waals surface area contributed by atoms with E-state index in [-0.39, 0.29) is 6.03 Å². The molecule has 0 bridgehead atoms. The molecule has 29 heavy (non-hydrogen) atoms. The van der Waals surface area contributed by atoms with Crippen LogP contribution in [0.25, 0.3) is 0 Å². The van der Waals surface area contributed by atoms with Gasteiger partial charge in [0.1, 0.15) is 17.2 Å². The van der Waals surface area contributed by atoms with E-state index in [1.165, 1.54) is 0 Å². The SMILES string of the molecule is COc1cccc(CCNC(=O)N2CCN(c3ccc(OC)cc3OC)CC2)c1. The molecule has 0 spiro atoms. The molecule has 156 valence electrons. The van der Waals surface area contributed by atoms with E-state index < -0.39 is 0 Å². The van der Waals surface area contributed by atoms with Crippen LogP contribution in [0.3, 0.4) is 0 Å². The second-order valence-corrected chi connectivity index (χ2v) is 6.85. The number of nitrogens with zero attached hydrogens (tertiary/aromatic N) is 2. The Hall–Kier alpha value is -3.09. The van der Waals surface area contributed by atoms with Gasteiger partial charge >= 0.3 is 6.03 Å². The van der Waals surface area contributed by atoms with Gasteiger partial charge in [0.15, 0.2) is 0 Å². The summed E-state index contributed by atoms with van der Waals surface area (Å²) in [6.45, 7) is 3.44. The number of amides is 2. The molecule has 0 aromatic heterocycles. The Kier molecular flexibility index (Phi) is 7.05. The lowest BCUT2D eigenvalue weighted by Crippen LogP contribution is -2.52. The van der Waals surface area contributed by atoms with Crippen molar-refractivity contribution in [1.29, 1.82) is 0 Å². The molecule has 1 heterocycles. The summed E-state index contributed by atoms with van der Waals surface area (Å²) in [6.07, 6.45) is 0.770. The first kappa shape index (κ1) is 20.6. The van der Waals surface area contributed by atoms with Gasteiger partial charge in [-0.05, 0) is 36.2 Å². The predicted molar refractivity (Wildman–Crippen MR) is 113 cm³/mol. The van der Waals surface area contributed by atoms with Gasteiger partial charge in [0.05, 0.1) is 27.0 Å². The molecule has 0 unspecified atom stereocenters. The summed E-state index contributed by atoms with van der Waals surface area (Å²) in [7, 11) is 4.95. The van der Waals surface area contributed by atoms with Crippen LogP contribution in [0, 0.1) is 0 Å². The molecule has 1 N–H and O–H groups in total. The van der Waals surface area contributed by atoms with Gasteiger partial charge in [-0.1, -0.05) is 12.1 Å². The third-order valence-electron chi connectivity index (χ3n) is 5.12. The summed E-state index contributed by atoms with van der Waals surface area (Å²) in [5, 5.41) is 3.02. The number of methoxy groups -OCH3 is 3. The molecular weight excluding hydrogens is 370 g/mol. The zero-order valence-electron chi connectivity index (χ0n) is 17.3. The summed E-state index contributed by atoms with van der Waals surface area (Å²) in [5.41, 5.74) is 2.16. The van der Waals surface area contributed by atoms with Crippen molar-refractivity contribution in [1.82, 2.24) is 10.2 Å². The number of carbonyl (C=O) groups excluding carboxylic acids is 1. The average molecular weight is 399 g/mol. The Balaban J connectivity index is 1.48. The number of carbonyl (C=O) groups is 1. The number of benzene rings is 2. The molecule has 2 aromatic carbocycles. The number of anilines is 1. The monoisotopic (exact) mass is 399 g/mol. The number of hydrogen-bond acceptors (Lipinski definition) is 5. The smallest absolute Gasteiger partial charge is 0.317 e. The van der Waals surface area contributed by atoms with Gasteiger partial charge in [-0.15, -0.1) is 0 Å². The Labute approximate surface area is 172 Å². The topological polar surface area (TPSA) is 63.3 Å². The largest absolute Gasteiger partial charge is 0.497 e. The minimum absolute atomic E-state index is 0.0192. The molecular formula is C22H29N3O4. The molecule has 2 amide bonds. The van der Waals surface area contributed by atoms with Crippen LogP contribution in [0.1, 0.15) is 5.56 Å². The zero-order chi connectivity index (χ0) is 20.6. The van der Waals surface area contributed by atoms with E-state index in [1.807, 2.05) is 47.4 Å². The average Bonchev–Trinajstić information content (AvgIpc) is 2.78. The van der Waals surface area contributed by atoms with Crippen molar-refractivity contribution < 1.29 is 19.0 Å². The van der Waals surface area contributed by atoms with Crippen LogP contribution < -0.4 is 24.4 Å². The molecule has 0 atom stereocenters. The number of ether oxygens (including phenoxy) is 3. The van der Waals surface area contributed by atoms with E-state index in [1.54, 1.807) is 21.3 Å². The van der Waals surface area contributed by atoms with Gasteiger partial charge in [0.2, 0.25) is 0 Å². The maximum atomic E-state index is 12.5. The minimum Gasteiger partial charge on any atom is -0.497 e. The Morgan fingerprint density at radius 1 is 0.931 bits per heavy atom. The molecule has 2 aromatic rings. The number of urea groups is 1. The highest BCUT2D eigenvalue weighted by molar-refractivity contribution is 5.74. The van der Waals surface area contributed by atoms with Crippen LogP contribution >= 0.6 is 0 Å². The zero-order valence-corrected chi connectivity index (χ0v) is 17.3. The molecule has 1 aliphatic rings. The van der Waals surface area contributed by atoms with E-state index in [2.05, 4.69) is 10.2 Å². The van der Waals surface area contributed by atoms with Crippen molar-refractivity contribution >= 4 is 11.7 Å². The molecule has 1 fully saturated rings. The quantitative estimate of drug-likeness (QED) is 0.776. The van der Waals surface area contributed by atoms with E-state index in [4.69, 9.17) is 14.2 Å². The van der Waals surface area contributed by atoms with Crippen LogP contribution in [-0.4, -0.2) is 65.0 Å². The normalized spacial score (nSPS) is 13.8. The van der Waals surface area contributed by atoms with Crippen LogP contribution in [0.15, 0.2) is 42.5 Å². The minimum atomic E-state index is -0.0192. The van der Waals surface area contributed by atoms with E-state index in [0.29, 0.717) is 19.6 Å². The fourth-order valence-electron chi connectivity index (χ4n) is 3.45. The maximum absolute atomic E-state index is 12.5.